The third-order valence-corrected chi connectivity index (χ3v) is 3.87. The molecule has 1 aliphatic heterocycles. The van der Waals surface area contributed by atoms with Gasteiger partial charge in [0.25, 0.3) is 11.8 Å². The Balaban J connectivity index is 1.70. The molecule has 0 aliphatic carbocycles. The van der Waals surface area contributed by atoms with E-state index in [-0.39, 0.29) is 10.7 Å². The summed E-state index contributed by atoms with van der Waals surface area (Å²) < 4.78 is 10.3. The van der Waals surface area contributed by atoms with Crippen molar-refractivity contribution < 1.29 is 23.9 Å². The summed E-state index contributed by atoms with van der Waals surface area (Å²) in [5, 5.41) is 4.69. The Morgan fingerprint density at radius 1 is 0.926 bits per heavy atom. The van der Waals surface area contributed by atoms with Crippen LogP contribution >= 0.6 is 12.2 Å². The summed E-state index contributed by atoms with van der Waals surface area (Å²) in [6.07, 6.45) is 1.42. The van der Waals surface area contributed by atoms with Crippen LogP contribution in [0.3, 0.4) is 0 Å². The maximum atomic E-state index is 12.1. The molecule has 2 N–H and O–H groups in total. The van der Waals surface area contributed by atoms with Crippen LogP contribution in [0.25, 0.3) is 6.08 Å². The second-order valence-corrected chi connectivity index (χ2v) is 5.89. The van der Waals surface area contributed by atoms with Gasteiger partial charge in [0.15, 0.2) is 5.11 Å². The van der Waals surface area contributed by atoms with Gasteiger partial charge in [-0.1, -0.05) is 12.1 Å². The van der Waals surface area contributed by atoms with Gasteiger partial charge in [-0.3, -0.25) is 20.2 Å². The topological polar surface area (TPSA) is 93.7 Å². The maximum absolute atomic E-state index is 12.1. The van der Waals surface area contributed by atoms with Crippen LogP contribution in [-0.4, -0.2) is 30.0 Å². The molecule has 7 nitrogen and oxygen atoms in total. The summed E-state index contributed by atoms with van der Waals surface area (Å²) >= 11 is 4.74. The van der Waals surface area contributed by atoms with E-state index < -0.39 is 17.8 Å². The number of methoxy groups -OCH3 is 1. The number of benzene rings is 2. The number of esters is 1. The van der Waals surface area contributed by atoms with Crippen molar-refractivity contribution in [3.8, 4) is 11.5 Å². The SMILES string of the molecule is COc1ccc(C(=O)Oc2ccc(C=C3C(=O)NC(=S)NC3=O)cc2)cc1. The van der Waals surface area contributed by atoms with Crippen molar-refractivity contribution in [1.82, 2.24) is 10.6 Å². The molecule has 2 amide bonds. The summed E-state index contributed by atoms with van der Waals surface area (Å²) in [6.45, 7) is 0. The molecule has 0 unspecified atom stereocenters. The average molecular weight is 382 g/mol. The molecule has 27 heavy (non-hydrogen) atoms. The molecule has 1 aliphatic rings. The molecule has 2 aromatic rings. The van der Waals surface area contributed by atoms with Gasteiger partial charge < -0.3 is 9.47 Å². The van der Waals surface area contributed by atoms with E-state index in [0.29, 0.717) is 22.6 Å². The molecule has 0 spiro atoms. The zero-order valence-electron chi connectivity index (χ0n) is 14.1. The smallest absolute Gasteiger partial charge is 0.343 e. The fraction of sp³-hybridized carbons (Fsp3) is 0.0526. The Kier molecular flexibility index (Phi) is 5.28. The van der Waals surface area contributed by atoms with Crippen LogP contribution in [0.5, 0.6) is 11.5 Å². The summed E-state index contributed by atoms with van der Waals surface area (Å²) in [7, 11) is 1.54. The minimum atomic E-state index is -0.571. The van der Waals surface area contributed by atoms with Gasteiger partial charge in [0.05, 0.1) is 12.7 Å². The number of thiocarbonyl (C=S) groups is 1. The normalized spacial score (nSPS) is 13.5. The van der Waals surface area contributed by atoms with Crippen molar-refractivity contribution >= 4 is 41.2 Å². The average Bonchev–Trinajstić information content (AvgIpc) is 2.66. The van der Waals surface area contributed by atoms with E-state index in [4.69, 9.17) is 21.7 Å². The lowest BCUT2D eigenvalue weighted by atomic mass is 10.1. The molecular weight excluding hydrogens is 368 g/mol. The quantitative estimate of drug-likeness (QED) is 0.276. The Bertz CT molecular complexity index is 927. The minimum absolute atomic E-state index is 0.0251. The van der Waals surface area contributed by atoms with Gasteiger partial charge in [-0.25, -0.2) is 4.79 Å². The maximum Gasteiger partial charge on any atom is 0.343 e. The lowest BCUT2D eigenvalue weighted by Crippen LogP contribution is -2.51. The number of rotatable bonds is 4. The van der Waals surface area contributed by atoms with Gasteiger partial charge in [-0.2, -0.15) is 0 Å². The fourth-order valence-electron chi connectivity index (χ4n) is 2.30. The number of hydrogen-bond donors (Lipinski definition) is 2. The highest BCUT2D eigenvalue weighted by Gasteiger charge is 2.25. The molecular formula is C19H14N2O5S. The summed E-state index contributed by atoms with van der Waals surface area (Å²) in [6, 6.07) is 12.9. The zero-order valence-corrected chi connectivity index (χ0v) is 15.0. The third kappa shape index (κ3) is 4.36. The molecule has 0 bridgehead atoms. The first kappa shape index (κ1) is 18.3. The van der Waals surface area contributed by atoms with E-state index in [2.05, 4.69) is 10.6 Å². The van der Waals surface area contributed by atoms with Crippen LogP contribution in [0.1, 0.15) is 15.9 Å². The molecule has 3 rings (SSSR count). The first-order chi connectivity index (χ1) is 13.0. The lowest BCUT2D eigenvalue weighted by molar-refractivity contribution is -0.123. The van der Waals surface area contributed by atoms with Gasteiger partial charge in [0, 0.05) is 0 Å². The largest absolute Gasteiger partial charge is 0.497 e. The third-order valence-electron chi connectivity index (χ3n) is 3.67. The number of nitrogens with one attached hydrogen (secondary N) is 2. The second-order valence-electron chi connectivity index (χ2n) is 5.48. The van der Waals surface area contributed by atoms with Gasteiger partial charge in [0.1, 0.15) is 17.1 Å². The van der Waals surface area contributed by atoms with Crippen molar-refractivity contribution in [3.63, 3.8) is 0 Å². The van der Waals surface area contributed by atoms with E-state index >= 15 is 0 Å². The van der Waals surface area contributed by atoms with Gasteiger partial charge in [-0.05, 0) is 60.3 Å². The predicted molar refractivity (Wildman–Crippen MR) is 101 cm³/mol. The molecule has 0 saturated carbocycles. The van der Waals surface area contributed by atoms with Crippen molar-refractivity contribution in [2.75, 3.05) is 7.11 Å². The van der Waals surface area contributed by atoms with Gasteiger partial charge in [-0.15, -0.1) is 0 Å². The molecule has 0 atom stereocenters. The molecule has 136 valence electrons. The Labute approximate surface area is 160 Å². The molecule has 2 aromatic carbocycles. The lowest BCUT2D eigenvalue weighted by Gasteiger charge is -2.16. The van der Waals surface area contributed by atoms with E-state index in [9.17, 15) is 14.4 Å². The van der Waals surface area contributed by atoms with E-state index in [1.807, 2.05) is 0 Å². The number of carbonyl (C=O) groups excluding carboxylic acids is 3. The number of ether oxygens (including phenoxy) is 2. The Morgan fingerprint density at radius 3 is 2.04 bits per heavy atom. The molecule has 1 fully saturated rings. The molecule has 1 saturated heterocycles. The van der Waals surface area contributed by atoms with E-state index in [1.54, 1.807) is 55.6 Å². The van der Waals surface area contributed by atoms with Crippen molar-refractivity contribution in [3.05, 3.63) is 65.2 Å². The molecule has 0 aromatic heterocycles. The highest BCUT2D eigenvalue weighted by Crippen LogP contribution is 2.18. The zero-order chi connectivity index (χ0) is 19.4. The summed E-state index contributed by atoms with van der Waals surface area (Å²) in [4.78, 5) is 35.8. The number of amides is 2. The van der Waals surface area contributed by atoms with Crippen LogP contribution in [0.15, 0.2) is 54.1 Å². The highest BCUT2D eigenvalue weighted by molar-refractivity contribution is 7.80. The van der Waals surface area contributed by atoms with Crippen molar-refractivity contribution in [2.45, 2.75) is 0 Å². The molecule has 0 radical (unpaired) electrons. The minimum Gasteiger partial charge on any atom is -0.497 e. The predicted octanol–water partition coefficient (Wildman–Crippen LogP) is 1.83. The first-order valence-electron chi connectivity index (χ1n) is 7.81. The fourth-order valence-corrected chi connectivity index (χ4v) is 2.48. The molecule has 8 heteroatoms. The van der Waals surface area contributed by atoms with Gasteiger partial charge >= 0.3 is 5.97 Å². The monoisotopic (exact) mass is 382 g/mol. The highest BCUT2D eigenvalue weighted by atomic mass is 32.1. The van der Waals surface area contributed by atoms with Crippen LogP contribution < -0.4 is 20.1 Å². The molecule has 1 heterocycles. The van der Waals surface area contributed by atoms with Crippen molar-refractivity contribution in [1.29, 1.82) is 0 Å². The van der Waals surface area contributed by atoms with Crippen molar-refractivity contribution in [2.24, 2.45) is 0 Å². The first-order valence-corrected chi connectivity index (χ1v) is 8.22. The Morgan fingerprint density at radius 2 is 1.48 bits per heavy atom. The van der Waals surface area contributed by atoms with Crippen LogP contribution in [0.4, 0.5) is 0 Å². The number of carbonyl (C=O) groups is 3. The standard InChI is InChI=1S/C19H14N2O5S/c1-25-13-8-4-12(5-9-13)18(24)26-14-6-2-11(3-7-14)10-15-16(22)20-19(27)21-17(15)23/h2-10H,1H3,(H2,20,21,22,23,27). The van der Waals surface area contributed by atoms with Crippen LogP contribution in [-0.2, 0) is 9.59 Å². The Hall–Kier alpha value is -3.52. The van der Waals surface area contributed by atoms with Gasteiger partial charge in [0.2, 0.25) is 0 Å². The van der Waals surface area contributed by atoms with Crippen LogP contribution in [0, 0.1) is 0 Å². The summed E-state index contributed by atoms with van der Waals surface area (Å²) in [5.74, 6) is -0.682. The van der Waals surface area contributed by atoms with E-state index in [1.165, 1.54) is 6.08 Å². The van der Waals surface area contributed by atoms with Crippen LogP contribution in [0.2, 0.25) is 0 Å². The second kappa shape index (κ2) is 7.79. The number of hydrogen-bond acceptors (Lipinski definition) is 6. The van der Waals surface area contributed by atoms with E-state index in [0.717, 1.165) is 0 Å². The summed E-state index contributed by atoms with van der Waals surface area (Å²) in [5.41, 5.74) is 0.910.